The van der Waals surface area contributed by atoms with Crippen LogP contribution in [-0.4, -0.2) is 0 Å². The Morgan fingerprint density at radius 2 is 1.87 bits per heavy atom. The zero-order chi connectivity index (χ0) is 11.4. The van der Waals surface area contributed by atoms with Crippen molar-refractivity contribution in [2.75, 3.05) is 0 Å². The van der Waals surface area contributed by atoms with Crippen LogP contribution in [0.3, 0.4) is 0 Å². The zero-order valence-corrected chi connectivity index (χ0v) is 10.5. The number of rotatable bonds is 3. The highest BCUT2D eigenvalue weighted by Crippen LogP contribution is 2.48. The lowest BCUT2D eigenvalue weighted by Gasteiger charge is -2.04. The largest absolute Gasteiger partial charge is 0.0877 e. The summed E-state index contributed by atoms with van der Waals surface area (Å²) in [7, 11) is 0. The van der Waals surface area contributed by atoms with E-state index in [1.165, 1.54) is 11.1 Å². The van der Waals surface area contributed by atoms with E-state index >= 15 is 0 Å². The molecule has 1 atom stereocenters. The molecule has 0 radical (unpaired) electrons. The molecule has 0 bridgehead atoms. The van der Waals surface area contributed by atoms with Crippen LogP contribution in [0.15, 0.2) is 47.1 Å². The molecular weight excluding hydrogens is 180 g/mol. The predicted molar refractivity (Wildman–Crippen MR) is 68.7 cm³/mol. The average molecular weight is 202 g/mol. The summed E-state index contributed by atoms with van der Waals surface area (Å²) < 4.78 is 0. The van der Waals surface area contributed by atoms with Gasteiger partial charge in [-0.2, -0.15) is 0 Å². The second-order valence-corrected chi connectivity index (χ2v) is 4.39. The van der Waals surface area contributed by atoms with Crippen LogP contribution in [0.4, 0.5) is 0 Å². The van der Waals surface area contributed by atoms with Gasteiger partial charge in [0, 0.05) is 5.92 Å². The summed E-state index contributed by atoms with van der Waals surface area (Å²) >= 11 is 0. The summed E-state index contributed by atoms with van der Waals surface area (Å²) in [6, 6.07) is 0. The van der Waals surface area contributed by atoms with Gasteiger partial charge < -0.3 is 0 Å². The van der Waals surface area contributed by atoms with Crippen LogP contribution in [0.5, 0.6) is 0 Å². The van der Waals surface area contributed by atoms with Gasteiger partial charge in [-0.25, -0.2) is 0 Å². The second kappa shape index (κ2) is 5.16. The van der Waals surface area contributed by atoms with Gasteiger partial charge in [-0.1, -0.05) is 51.2 Å². The molecule has 0 aliphatic heterocycles. The Balaban J connectivity index is 3.00. The summed E-state index contributed by atoms with van der Waals surface area (Å²) in [5.41, 5.74) is 4.57. The van der Waals surface area contributed by atoms with Crippen molar-refractivity contribution in [1.29, 1.82) is 0 Å². The molecule has 0 heteroatoms. The summed E-state index contributed by atoms with van der Waals surface area (Å²) in [6.45, 7) is 11.0. The maximum Gasteiger partial charge on any atom is 0.00698 e. The highest BCUT2D eigenvalue weighted by atomic mass is 14.4. The van der Waals surface area contributed by atoms with Gasteiger partial charge in [0.1, 0.15) is 0 Å². The fraction of sp³-hybridized carbons (Fsp3) is 0.467. The molecule has 0 N–H and O–H groups in total. The minimum absolute atomic E-state index is 0.621. The van der Waals surface area contributed by atoms with Crippen LogP contribution in [0.2, 0.25) is 0 Å². The Morgan fingerprint density at radius 1 is 1.20 bits per heavy atom. The molecule has 1 aliphatic carbocycles. The lowest BCUT2D eigenvalue weighted by atomic mass is 10.0. The molecule has 1 unspecified atom stereocenters. The topological polar surface area (TPSA) is 0 Å². The molecule has 82 valence electrons. The SMILES string of the molecule is C\C=C/C=C1\C(=C(/C=C/C)C(C)C)C1C. The van der Waals surface area contributed by atoms with Gasteiger partial charge in [0.25, 0.3) is 0 Å². The van der Waals surface area contributed by atoms with E-state index in [0.29, 0.717) is 11.8 Å². The third kappa shape index (κ3) is 2.71. The van der Waals surface area contributed by atoms with Gasteiger partial charge in [0.05, 0.1) is 0 Å². The van der Waals surface area contributed by atoms with Gasteiger partial charge in [-0.05, 0) is 36.5 Å². The van der Waals surface area contributed by atoms with Crippen LogP contribution in [0.1, 0.15) is 34.6 Å². The second-order valence-electron chi connectivity index (χ2n) is 4.39. The summed E-state index contributed by atoms with van der Waals surface area (Å²) in [5, 5.41) is 0. The number of allylic oxidation sites excluding steroid dienone is 8. The Hall–Kier alpha value is -1.04. The molecule has 0 nitrogen and oxygen atoms in total. The van der Waals surface area contributed by atoms with E-state index in [1.54, 1.807) is 5.57 Å². The predicted octanol–water partition coefficient (Wildman–Crippen LogP) is 4.67. The number of hydrogen-bond donors (Lipinski definition) is 0. The third-order valence-corrected chi connectivity index (χ3v) is 2.87. The highest BCUT2D eigenvalue weighted by molar-refractivity contribution is 5.61. The molecule has 0 aromatic carbocycles. The van der Waals surface area contributed by atoms with Gasteiger partial charge in [0.15, 0.2) is 0 Å². The molecule has 1 fully saturated rings. The molecule has 0 saturated heterocycles. The molecule has 0 amide bonds. The molecule has 0 aromatic heterocycles. The quantitative estimate of drug-likeness (QED) is 0.624. The van der Waals surface area contributed by atoms with Crippen LogP contribution in [0.25, 0.3) is 0 Å². The molecule has 0 heterocycles. The van der Waals surface area contributed by atoms with Crippen molar-refractivity contribution in [3.63, 3.8) is 0 Å². The molecule has 1 saturated carbocycles. The van der Waals surface area contributed by atoms with Crippen molar-refractivity contribution < 1.29 is 0 Å². The molecule has 1 aliphatic rings. The van der Waals surface area contributed by atoms with Gasteiger partial charge >= 0.3 is 0 Å². The van der Waals surface area contributed by atoms with Gasteiger partial charge in [-0.15, -0.1) is 0 Å². The van der Waals surface area contributed by atoms with Crippen LogP contribution in [0, 0.1) is 11.8 Å². The Morgan fingerprint density at radius 3 is 2.33 bits per heavy atom. The van der Waals surface area contributed by atoms with Crippen molar-refractivity contribution in [2.24, 2.45) is 11.8 Å². The third-order valence-electron chi connectivity index (χ3n) is 2.87. The van der Waals surface area contributed by atoms with E-state index in [-0.39, 0.29) is 0 Å². The molecular formula is C15H22. The Kier molecular flexibility index (Phi) is 4.14. The molecule has 0 aromatic rings. The van der Waals surface area contributed by atoms with E-state index in [9.17, 15) is 0 Å². The summed E-state index contributed by atoms with van der Waals surface area (Å²) in [5.74, 6) is 1.28. The Labute approximate surface area is 94.1 Å². The Bertz CT molecular complexity index is 335. The van der Waals surface area contributed by atoms with Gasteiger partial charge in [0.2, 0.25) is 0 Å². The summed E-state index contributed by atoms with van der Waals surface area (Å²) in [6.07, 6.45) is 10.9. The van der Waals surface area contributed by atoms with Crippen LogP contribution < -0.4 is 0 Å². The molecule has 15 heavy (non-hydrogen) atoms. The van der Waals surface area contributed by atoms with E-state index in [4.69, 9.17) is 0 Å². The smallest absolute Gasteiger partial charge is 0.00698 e. The zero-order valence-electron chi connectivity index (χ0n) is 10.5. The first kappa shape index (κ1) is 12.0. The van der Waals surface area contributed by atoms with Gasteiger partial charge in [-0.3, -0.25) is 0 Å². The monoisotopic (exact) mass is 202 g/mol. The van der Waals surface area contributed by atoms with Crippen molar-refractivity contribution in [1.82, 2.24) is 0 Å². The number of hydrogen-bond acceptors (Lipinski definition) is 0. The van der Waals surface area contributed by atoms with Crippen LogP contribution in [-0.2, 0) is 0 Å². The van der Waals surface area contributed by atoms with Crippen LogP contribution >= 0.6 is 0 Å². The maximum atomic E-state index is 2.29. The average Bonchev–Trinajstić information content (AvgIpc) is 2.82. The van der Waals surface area contributed by atoms with Crippen molar-refractivity contribution in [3.8, 4) is 0 Å². The van der Waals surface area contributed by atoms with Crippen molar-refractivity contribution in [3.05, 3.63) is 47.1 Å². The first-order valence-corrected chi connectivity index (χ1v) is 5.83. The minimum atomic E-state index is 0.621. The molecule has 0 spiro atoms. The lowest BCUT2D eigenvalue weighted by molar-refractivity contribution is 0.784. The fourth-order valence-electron chi connectivity index (χ4n) is 1.98. The first-order valence-electron chi connectivity index (χ1n) is 5.83. The van der Waals surface area contributed by atoms with Crippen molar-refractivity contribution in [2.45, 2.75) is 34.6 Å². The van der Waals surface area contributed by atoms with Crippen molar-refractivity contribution >= 4 is 0 Å². The molecule has 1 rings (SSSR count). The summed E-state index contributed by atoms with van der Waals surface area (Å²) in [4.78, 5) is 0. The van der Waals surface area contributed by atoms with E-state index in [0.717, 1.165) is 0 Å². The fourth-order valence-corrected chi connectivity index (χ4v) is 1.98. The maximum absolute atomic E-state index is 2.29. The lowest BCUT2D eigenvalue weighted by Crippen LogP contribution is -1.90. The van der Waals surface area contributed by atoms with E-state index in [2.05, 4.69) is 65.0 Å². The normalized spacial score (nSPS) is 27.3. The van der Waals surface area contributed by atoms with E-state index < -0.39 is 0 Å². The highest BCUT2D eigenvalue weighted by Gasteiger charge is 2.34. The minimum Gasteiger partial charge on any atom is -0.0877 e. The van der Waals surface area contributed by atoms with E-state index in [1.807, 2.05) is 0 Å². The standard InChI is InChI=1S/C15H22/c1-6-8-10-14-12(5)15(14)13(9-7-2)11(3)4/h6-12H,1-5H3/b8-6-,9-7+,14-10-,15-13+. The first-order chi connectivity index (χ1) is 7.13.